The summed E-state index contributed by atoms with van der Waals surface area (Å²) in [5.74, 6) is -1.04. The van der Waals surface area contributed by atoms with Crippen LogP contribution >= 0.6 is 0 Å². The second-order valence-corrected chi connectivity index (χ2v) is 4.18. The summed E-state index contributed by atoms with van der Waals surface area (Å²) in [5, 5.41) is 13.6. The summed E-state index contributed by atoms with van der Waals surface area (Å²) in [7, 11) is 1.25. The number of hydrogen-bond donors (Lipinski definition) is 3. The molecule has 1 atom stereocenters. The number of nitrogens with one attached hydrogen (secondary N) is 2. The molecule has 0 aromatic heterocycles. The van der Waals surface area contributed by atoms with Crippen molar-refractivity contribution in [2.75, 3.05) is 20.2 Å². The van der Waals surface area contributed by atoms with Crippen molar-refractivity contribution in [3.63, 3.8) is 0 Å². The van der Waals surface area contributed by atoms with Crippen LogP contribution in [0.5, 0.6) is 0 Å². The van der Waals surface area contributed by atoms with Gasteiger partial charge in [0.25, 0.3) is 0 Å². The van der Waals surface area contributed by atoms with E-state index in [2.05, 4.69) is 15.4 Å². The summed E-state index contributed by atoms with van der Waals surface area (Å²) in [5.41, 5.74) is 0. The SMILES string of the molecule is CCC(CCNC(=O)NCC(=O)OC)CCC(=O)O. The first kappa shape index (κ1) is 17.2. The summed E-state index contributed by atoms with van der Waals surface area (Å²) >= 11 is 0. The highest BCUT2D eigenvalue weighted by Crippen LogP contribution is 2.14. The minimum Gasteiger partial charge on any atom is -0.481 e. The van der Waals surface area contributed by atoms with Gasteiger partial charge in [0.05, 0.1) is 7.11 Å². The van der Waals surface area contributed by atoms with Crippen LogP contribution in [-0.2, 0) is 14.3 Å². The summed E-state index contributed by atoms with van der Waals surface area (Å²) in [6, 6.07) is -0.432. The van der Waals surface area contributed by atoms with E-state index in [1.807, 2.05) is 6.92 Å². The summed E-state index contributed by atoms with van der Waals surface area (Å²) in [6.45, 7) is 2.27. The number of aliphatic carboxylic acids is 1. The van der Waals surface area contributed by atoms with Crippen LogP contribution in [0.2, 0.25) is 0 Å². The second kappa shape index (κ2) is 10.2. The predicted octanol–water partition coefficient (Wildman–Crippen LogP) is 0.740. The predicted molar refractivity (Wildman–Crippen MR) is 68.7 cm³/mol. The molecular formula is C12H22N2O5. The first-order valence-corrected chi connectivity index (χ1v) is 6.29. The van der Waals surface area contributed by atoms with Crippen LogP contribution in [-0.4, -0.2) is 43.3 Å². The third-order valence-electron chi connectivity index (χ3n) is 2.80. The van der Waals surface area contributed by atoms with E-state index in [9.17, 15) is 14.4 Å². The largest absolute Gasteiger partial charge is 0.481 e. The van der Waals surface area contributed by atoms with Gasteiger partial charge in [-0.05, 0) is 18.8 Å². The Balaban J connectivity index is 3.71. The van der Waals surface area contributed by atoms with Gasteiger partial charge in [-0.1, -0.05) is 13.3 Å². The molecule has 0 fully saturated rings. The smallest absolute Gasteiger partial charge is 0.325 e. The second-order valence-electron chi connectivity index (χ2n) is 4.18. The molecule has 110 valence electrons. The zero-order chi connectivity index (χ0) is 14.7. The van der Waals surface area contributed by atoms with Crippen LogP contribution in [0, 0.1) is 5.92 Å². The Labute approximate surface area is 112 Å². The lowest BCUT2D eigenvalue weighted by Crippen LogP contribution is -2.39. The molecule has 0 rings (SSSR count). The van der Waals surface area contributed by atoms with Crippen LogP contribution in [0.4, 0.5) is 4.79 Å². The average molecular weight is 274 g/mol. The van der Waals surface area contributed by atoms with Crippen LogP contribution in [0.15, 0.2) is 0 Å². The van der Waals surface area contributed by atoms with Crippen molar-refractivity contribution in [2.45, 2.75) is 32.6 Å². The van der Waals surface area contributed by atoms with E-state index in [-0.39, 0.29) is 18.9 Å². The van der Waals surface area contributed by atoms with E-state index >= 15 is 0 Å². The van der Waals surface area contributed by atoms with E-state index in [1.165, 1.54) is 7.11 Å². The van der Waals surface area contributed by atoms with Crippen molar-refractivity contribution in [1.29, 1.82) is 0 Å². The molecular weight excluding hydrogens is 252 g/mol. The molecule has 0 saturated carbocycles. The van der Waals surface area contributed by atoms with Crippen LogP contribution in [0.1, 0.15) is 32.6 Å². The molecule has 0 aliphatic rings. The fourth-order valence-electron chi connectivity index (χ4n) is 1.56. The maximum absolute atomic E-state index is 11.3. The van der Waals surface area contributed by atoms with E-state index in [4.69, 9.17) is 5.11 Å². The Hall–Kier alpha value is -1.79. The van der Waals surface area contributed by atoms with Crippen LogP contribution in [0.3, 0.4) is 0 Å². The first-order chi connectivity index (χ1) is 8.99. The molecule has 0 heterocycles. The Morgan fingerprint density at radius 2 is 1.89 bits per heavy atom. The molecule has 19 heavy (non-hydrogen) atoms. The molecule has 1 unspecified atom stereocenters. The zero-order valence-electron chi connectivity index (χ0n) is 11.4. The number of amides is 2. The number of carboxylic acid groups (broad SMARTS) is 1. The molecule has 7 nitrogen and oxygen atoms in total. The highest BCUT2D eigenvalue weighted by atomic mass is 16.5. The van der Waals surface area contributed by atoms with Crippen molar-refractivity contribution in [1.82, 2.24) is 10.6 Å². The fraction of sp³-hybridized carbons (Fsp3) is 0.750. The quantitative estimate of drug-likeness (QED) is 0.538. The van der Waals surface area contributed by atoms with Gasteiger partial charge in [-0.15, -0.1) is 0 Å². The standard InChI is InChI=1S/C12H22N2O5/c1-3-9(4-5-10(15)16)6-7-13-12(18)14-8-11(17)19-2/h9H,3-8H2,1-2H3,(H,15,16)(H2,13,14,18). The summed E-state index contributed by atoms with van der Waals surface area (Å²) in [4.78, 5) is 32.5. The molecule has 3 N–H and O–H groups in total. The highest BCUT2D eigenvalue weighted by molar-refractivity contribution is 5.80. The maximum Gasteiger partial charge on any atom is 0.325 e. The molecule has 0 spiro atoms. The van der Waals surface area contributed by atoms with Crippen LogP contribution in [0.25, 0.3) is 0 Å². The zero-order valence-corrected chi connectivity index (χ0v) is 11.4. The fourth-order valence-corrected chi connectivity index (χ4v) is 1.56. The monoisotopic (exact) mass is 274 g/mol. The van der Waals surface area contributed by atoms with Crippen molar-refractivity contribution in [2.24, 2.45) is 5.92 Å². The van der Waals surface area contributed by atoms with Crippen molar-refractivity contribution >= 4 is 18.0 Å². The number of carbonyl (C=O) groups is 3. The molecule has 7 heteroatoms. The lowest BCUT2D eigenvalue weighted by Gasteiger charge is -2.14. The normalized spacial score (nSPS) is 11.5. The third kappa shape index (κ3) is 9.87. The number of hydrogen-bond acceptors (Lipinski definition) is 4. The Bertz CT molecular complexity index is 306. The van der Waals surface area contributed by atoms with Gasteiger partial charge in [0.1, 0.15) is 6.54 Å². The molecule has 0 aromatic rings. The number of carboxylic acids is 1. The summed E-state index contributed by atoms with van der Waals surface area (Å²) in [6.07, 6.45) is 2.35. The summed E-state index contributed by atoms with van der Waals surface area (Å²) < 4.78 is 4.38. The number of carbonyl (C=O) groups excluding carboxylic acids is 2. The lowest BCUT2D eigenvalue weighted by atomic mass is 9.97. The lowest BCUT2D eigenvalue weighted by molar-refractivity contribution is -0.139. The van der Waals surface area contributed by atoms with E-state index in [0.29, 0.717) is 13.0 Å². The van der Waals surface area contributed by atoms with Crippen molar-refractivity contribution in [3.8, 4) is 0 Å². The van der Waals surface area contributed by atoms with E-state index < -0.39 is 18.0 Å². The molecule has 0 aliphatic carbocycles. The highest BCUT2D eigenvalue weighted by Gasteiger charge is 2.10. The number of urea groups is 1. The van der Waals surface area contributed by atoms with E-state index in [1.54, 1.807) is 0 Å². The van der Waals surface area contributed by atoms with Crippen molar-refractivity contribution < 1.29 is 24.2 Å². The number of rotatable bonds is 9. The van der Waals surface area contributed by atoms with Gasteiger partial charge in [0.2, 0.25) is 0 Å². The Kier molecular flexibility index (Phi) is 9.20. The number of esters is 1. The molecule has 2 amide bonds. The first-order valence-electron chi connectivity index (χ1n) is 6.29. The Morgan fingerprint density at radius 3 is 2.42 bits per heavy atom. The van der Waals surface area contributed by atoms with Gasteiger partial charge < -0.3 is 20.5 Å². The van der Waals surface area contributed by atoms with Gasteiger partial charge in [0.15, 0.2) is 0 Å². The maximum atomic E-state index is 11.3. The van der Waals surface area contributed by atoms with E-state index in [0.717, 1.165) is 12.8 Å². The van der Waals surface area contributed by atoms with Crippen LogP contribution < -0.4 is 10.6 Å². The minimum absolute atomic E-state index is 0.146. The number of ether oxygens (including phenoxy) is 1. The molecule has 0 saturated heterocycles. The molecule has 0 aliphatic heterocycles. The average Bonchev–Trinajstić information content (AvgIpc) is 2.39. The molecule has 0 radical (unpaired) electrons. The van der Waals surface area contributed by atoms with Gasteiger partial charge in [-0.3, -0.25) is 9.59 Å². The van der Waals surface area contributed by atoms with Gasteiger partial charge in [-0.2, -0.15) is 0 Å². The molecule has 0 aromatic carbocycles. The van der Waals surface area contributed by atoms with Crippen molar-refractivity contribution in [3.05, 3.63) is 0 Å². The van der Waals surface area contributed by atoms with Gasteiger partial charge in [0, 0.05) is 13.0 Å². The molecule has 0 bridgehead atoms. The number of methoxy groups -OCH3 is 1. The Morgan fingerprint density at radius 1 is 1.21 bits per heavy atom. The van der Waals surface area contributed by atoms with Gasteiger partial charge in [-0.25, -0.2) is 4.79 Å². The van der Waals surface area contributed by atoms with Gasteiger partial charge >= 0.3 is 18.0 Å². The third-order valence-corrected chi connectivity index (χ3v) is 2.80. The topological polar surface area (TPSA) is 105 Å². The minimum atomic E-state index is -0.803.